The molecule has 0 radical (unpaired) electrons. The van der Waals surface area contributed by atoms with Gasteiger partial charge in [-0.1, -0.05) is 6.92 Å². The summed E-state index contributed by atoms with van der Waals surface area (Å²) in [4.78, 5) is 24.1. The quantitative estimate of drug-likeness (QED) is 0.216. The van der Waals surface area contributed by atoms with Crippen LogP contribution in [0, 0.1) is 12.8 Å². The molecule has 9 nitrogen and oxygen atoms in total. The minimum absolute atomic E-state index is 0.0293. The lowest BCUT2D eigenvalue weighted by atomic mass is 9.92. The van der Waals surface area contributed by atoms with Gasteiger partial charge in [0.25, 0.3) is 6.08 Å². The highest BCUT2D eigenvalue weighted by Gasteiger charge is 2.39. The maximum Gasteiger partial charge on any atom is 0.417 e. The molecule has 3 atom stereocenters. The third kappa shape index (κ3) is 8.27. The number of methoxy groups -OCH3 is 2. The van der Waals surface area contributed by atoms with Crippen molar-refractivity contribution in [3.63, 3.8) is 0 Å². The van der Waals surface area contributed by atoms with E-state index in [1.165, 1.54) is 32.6 Å². The molecule has 0 spiro atoms. The number of alkyl halides is 3. The fourth-order valence-electron chi connectivity index (χ4n) is 6.38. The van der Waals surface area contributed by atoms with E-state index in [-0.39, 0.29) is 48.3 Å². The molecule has 248 valence electrons. The van der Waals surface area contributed by atoms with Crippen molar-refractivity contribution in [3.05, 3.63) is 51.7 Å². The lowest BCUT2D eigenvalue weighted by Crippen LogP contribution is -2.34. The molecule has 3 aliphatic rings. The number of ether oxygens (including phenoxy) is 3. The zero-order chi connectivity index (χ0) is 32.9. The summed E-state index contributed by atoms with van der Waals surface area (Å²) in [7, 11) is 3.00. The number of fused-ring (bicyclic) bond motifs is 2. The molecule has 1 aromatic carbocycles. The van der Waals surface area contributed by atoms with Gasteiger partial charge in [0.1, 0.15) is 12.1 Å². The van der Waals surface area contributed by atoms with Crippen molar-refractivity contribution >= 4 is 17.8 Å². The number of hydrogen-bond donors (Lipinski definition) is 1. The summed E-state index contributed by atoms with van der Waals surface area (Å²) in [5.41, 5.74) is 6.81. The fourth-order valence-corrected chi connectivity index (χ4v) is 6.38. The van der Waals surface area contributed by atoms with E-state index in [0.717, 1.165) is 19.3 Å². The number of aldehydes is 1. The molecule has 5 rings (SSSR count). The molecule has 0 bridgehead atoms. The van der Waals surface area contributed by atoms with E-state index in [1.807, 2.05) is 6.92 Å². The molecule has 4 heterocycles. The van der Waals surface area contributed by atoms with Crippen molar-refractivity contribution in [1.29, 1.82) is 0 Å². The molecule has 3 aliphatic heterocycles. The predicted octanol–water partition coefficient (Wildman–Crippen LogP) is 5.50. The molecule has 1 aromatic heterocycles. The number of hydrogen-bond acceptors (Lipinski definition) is 9. The number of carbonyl (C=O) groups is 1. The SMILES string of the molecule is COCC(C)CN(CC=O)c1nc(OC)nc2c1COC(c1cc(N)cc(C)c1C(F)(F)F)C2.FC(F)=C1CC2CCCN2C1. The van der Waals surface area contributed by atoms with Crippen molar-refractivity contribution in [1.82, 2.24) is 14.9 Å². The molecule has 2 N–H and O–H groups in total. The summed E-state index contributed by atoms with van der Waals surface area (Å²) in [6.07, 6.45) is -3.19. The highest BCUT2D eigenvalue weighted by molar-refractivity contribution is 5.62. The van der Waals surface area contributed by atoms with E-state index in [0.29, 0.717) is 54.8 Å². The molecule has 2 saturated heterocycles. The Labute approximate surface area is 259 Å². The second-order valence-electron chi connectivity index (χ2n) is 11.7. The van der Waals surface area contributed by atoms with E-state index in [4.69, 9.17) is 19.9 Å². The molecule has 0 aliphatic carbocycles. The third-order valence-corrected chi connectivity index (χ3v) is 8.28. The van der Waals surface area contributed by atoms with Crippen LogP contribution in [0.2, 0.25) is 0 Å². The van der Waals surface area contributed by atoms with Gasteiger partial charge in [-0.15, -0.1) is 0 Å². The highest BCUT2D eigenvalue weighted by Crippen LogP contribution is 2.43. The maximum atomic E-state index is 13.9. The Hall–Kier alpha value is -3.36. The van der Waals surface area contributed by atoms with Crippen LogP contribution in [0.1, 0.15) is 60.2 Å². The van der Waals surface area contributed by atoms with E-state index in [1.54, 1.807) is 12.0 Å². The van der Waals surface area contributed by atoms with Gasteiger partial charge >= 0.3 is 12.2 Å². The number of nitrogens with zero attached hydrogens (tertiary/aromatic N) is 4. The standard InChI is InChI=1S/C23H29F3N4O4.C8H11F2N/c1-13(11-32-3)10-30(5-6-31)21-17-12-34-19(9-18(17)28-22(29-21)33-4)16-8-15(27)7-14(2)20(16)23(24,25)26;9-8(10)6-4-7-2-1-3-11(7)5-6/h6-8,13,19H,5,9-12,27H2,1-4H3;7H,1-5H2. The Bertz CT molecular complexity index is 1370. The Balaban J connectivity index is 0.000000348. The molecule has 3 unspecified atom stereocenters. The smallest absolute Gasteiger partial charge is 0.417 e. The topological polar surface area (TPSA) is 103 Å². The van der Waals surface area contributed by atoms with E-state index in [2.05, 4.69) is 14.9 Å². The molecular weight excluding hydrogens is 601 g/mol. The van der Waals surface area contributed by atoms with Gasteiger partial charge in [-0.25, -0.2) is 0 Å². The minimum Gasteiger partial charge on any atom is -0.467 e. The number of carbonyl (C=O) groups excluding carboxylic acids is 1. The van der Waals surface area contributed by atoms with Gasteiger partial charge in [0, 0.05) is 49.5 Å². The summed E-state index contributed by atoms with van der Waals surface area (Å²) in [6.45, 7) is 5.87. The number of rotatable bonds is 9. The lowest BCUT2D eigenvalue weighted by Gasteiger charge is -2.32. The zero-order valence-electron chi connectivity index (χ0n) is 25.9. The molecular formula is C31H40F5N5O4. The van der Waals surface area contributed by atoms with Crippen LogP contribution in [0.25, 0.3) is 0 Å². The second kappa shape index (κ2) is 14.8. The summed E-state index contributed by atoms with van der Waals surface area (Å²) in [5.74, 6) is 0.540. The summed E-state index contributed by atoms with van der Waals surface area (Å²) in [5, 5.41) is 0. The number of anilines is 2. The number of aromatic nitrogens is 2. The first-order valence-electron chi connectivity index (χ1n) is 14.8. The highest BCUT2D eigenvalue weighted by atomic mass is 19.4. The Morgan fingerprint density at radius 3 is 2.62 bits per heavy atom. The monoisotopic (exact) mass is 641 g/mol. The normalized spacial score (nSPS) is 20.2. The average Bonchev–Trinajstić information content (AvgIpc) is 3.59. The van der Waals surface area contributed by atoms with Gasteiger partial charge in [-0.2, -0.15) is 31.9 Å². The van der Waals surface area contributed by atoms with E-state index >= 15 is 0 Å². The molecule has 0 saturated carbocycles. The van der Waals surface area contributed by atoms with Crippen LogP contribution in [0.3, 0.4) is 0 Å². The van der Waals surface area contributed by atoms with Gasteiger partial charge in [0.05, 0.1) is 44.2 Å². The van der Waals surface area contributed by atoms with Gasteiger partial charge in [-0.3, -0.25) is 4.90 Å². The Morgan fingerprint density at radius 1 is 1.24 bits per heavy atom. The molecule has 14 heteroatoms. The fraction of sp³-hybridized carbons (Fsp3) is 0.581. The van der Waals surface area contributed by atoms with Crippen LogP contribution in [0.5, 0.6) is 6.01 Å². The van der Waals surface area contributed by atoms with Crippen LogP contribution < -0.4 is 15.4 Å². The van der Waals surface area contributed by atoms with Crippen molar-refractivity contribution in [2.45, 2.75) is 64.5 Å². The van der Waals surface area contributed by atoms with Crippen LogP contribution in [0.15, 0.2) is 23.8 Å². The molecule has 2 aromatic rings. The van der Waals surface area contributed by atoms with E-state index in [9.17, 15) is 26.7 Å². The third-order valence-electron chi connectivity index (χ3n) is 8.28. The molecule has 2 fully saturated rings. The van der Waals surface area contributed by atoms with Crippen molar-refractivity contribution in [3.8, 4) is 6.01 Å². The second-order valence-corrected chi connectivity index (χ2v) is 11.7. The maximum absolute atomic E-state index is 13.9. The Kier molecular flexibility index (Phi) is 11.4. The largest absolute Gasteiger partial charge is 0.467 e. The van der Waals surface area contributed by atoms with Gasteiger partial charge in [0.2, 0.25) is 0 Å². The zero-order valence-corrected chi connectivity index (χ0v) is 25.9. The van der Waals surface area contributed by atoms with Crippen LogP contribution >= 0.6 is 0 Å². The molecule has 45 heavy (non-hydrogen) atoms. The number of nitrogens with two attached hydrogens (primary N) is 1. The first-order valence-corrected chi connectivity index (χ1v) is 14.8. The molecule has 0 amide bonds. The summed E-state index contributed by atoms with van der Waals surface area (Å²) < 4.78 is 82.1. The number of nitrogen functional groups attached to an aromatic ring is 1. The van der Waals surface area contributed by atoms with Crippen molar-refractivity contribution < 1.29 is 41.0 Å². The van der Waals surface area contributed by atoms with Gasteiger partial charge in [0.15, 0.2) is 0 Å². The summed E-state index contributed by atoms with van der Waals surface area (Å²) >= 11 is 0. The van der Waals surface area contributed by atoms with Crippen molar-refractivity contribution in [2.75, 3.05) is 57.6 Å². The first kappa shape index (κ1) is 34.5. The summed E-state index contributed by atoms with van der Waals surface area (Å²) in [6, 6.07) is 3.09. The first-order chi connectivity index (χ1) is 21.4. The van der Waals surface area contributed by atoms with Crippen LogP contribution in [0.4, 0.5) is 33.5 Å². The van der Waals surface area contributed by atoms with Crippen LogP contribution in [-0.2, 0) is 33.5 Å². The predicted molar refractivity (Wildman–Crippen MR) is 158 cm³/mol. The average molecular weight is 642 g/mol. The lowest BCUT2D eigenvalue weighted by molar-refractivity contribution is -0.140. The van der Waals surface area contributed by atoms with E-state index < -0.39 is 23.9 Å². The van der Waals surface area contributed by atoms with Gasteiger partial charge < -0.3 is 29.6 Å². The van der Waals surface area contributed by atoms with Crippen LogP contribution in [-0.4, -0.2) is 74.2 Å². The Morgan fingerprint density at radius 2 is 2.00 bits per heavy atom. The number of aryl methyl sites for hydroxylation is 1. The van der Waals surface area contributed by atoms with Crippen molar-refractivity contribution in [2.24, 2.45) is 5.92 Å². The van der Waals surface area contributed by atoms with Gasteiger partial charge in [-0.05, 0) is 61.9 Å². The number of benzene rings is 1. The number of halogens is 5. The minimum atomic E-state index is -4.57.